The second-order valence-corrected chi connectivity index (χ2v) is 3.59. The van der Waals surface area contributed by atoms with Crippen LogP contribution in [0.1, 0.15) is 17.4 Å². The van der Waals surface area contributed by atoms with Crippen molar-refractivity contribution >= 4 is 40.9 Å². The Morgan fingerprint density at radius 2 is 2.12 bits per heavy atom. The highest BCUT2D eigenvalue weighted by Crippen LogP contribution is 2.17. The van der Waals surface area contributed by atoms with E-state index in [2.05, 4.69) is 10.2 Å². The molecule has 0 fully saturated rings. The molecule has 0 unspecified atom stereocenters. The van der Waals surface area contributed by atoms with Crippen molar-refractivity contribution < 1.29 is 9.53 Å². The second-order valence-electron chi connectivity index (χ2n) is 3.15. The molecule has 2 rings (SSSR count). The Hall–Kier alpha value is -1.39. The average Bonchev–Trinajstić information content (AvgIpc) is 2.28. The third kappa shape index (κ3) is 3.05. The maximum Gasteiger partial charge on any atom is 0.358 e. The molecule has 2 aromatic rings. The van der Waals surface area contributed by atoms with Crippen LogP contribution in [0.4, 0.5) is 0 Å². The number of nitrogens with zero attached hydrogens (tertiary/aromatic N) is 2. The number of carbonyl (C=O) groups excluding carboxylic acids is 1. The first-order valence-electron chi connectivity index (χ1n) is 4.81. The second kappa shape index (κ2) is 5.80. The fourth-order valence-corrected chi connectivity index (χ4v) is 1.48. The minimum absolute atomic E-state index is 0. The summed E-state index contributed by atoms with van der Waals surface area (Å²) in [5, 5.41) is 9.09. The van der Waals surface area contributed by atoms with Gasteiger partial charge in [-0.3, -0.25) is 0 Å². The number of fused-ring (bicyclic) bond motifs is 1. The van der Waals surface area contributed by atoms with Crippen molar-refractivity contribution in [2.75, 3.05) is 6.61 Å². The van der Waals surface area contributed by atoms with Gasteiger partial charge >= 0.3 is 5.97 Å². The summed E-state index contributed by atoms with van der Waals surface area (Å²) in [5.74, 6) is -0.466. The molecule has 6 heteroatoms. The van der Waals surface area contributed by atoms with E-state index in [1.165, 1.54) is 0 Å². The Morgan fingerprint density at radius 1 is 1.35 bits per heavy atom. The molecule has 0 amide bonds. The molecule has 0 atom stereocenters. The molecule has 1 aromatic carbocycles. The average molecular weight is 273 g/mol. The molecule has 1 aromatic heterocycles. The molecule has 0 bridgehead atoms. The zero-order valence-corrected chi connectivity index (χ0v) is 10.6. The fourth-order valence-electron chi connectivity index (χ4n) is 1.31. The van der Waals surface area contributed by atoms with Crippen LogP contribution in [-0.4, -0.2) is 22.8 Å². The summed E-state index contributed by atoms with van der Waals surface area (Å²) >= 11 is 5.81. The summed E-state index contributed by atoms with van der Waals surface area (Å²) in [6.45, 7) is 2.06. The molecular weight excluding hydrogens is 263 g/mol. The molecule has 0 spiro atoms. The van der Waals surface area contributed by atoms with E-state index in [4.69, 9.17) is 16.3 Å². The summed E-state index contributed by atoms with van der Waals surface area (Å²) in [6.07, 6.45) is 0. The Bertz CT molecular complexity index is 546. The summed E-state index contributed by atoms with van der Waals surface area (Å²) in [5.41, 5.74) is 0.859. The van der Waals surface area contributed by atoms with E-state index < -0.39 is 5.97 Å². The van der Waals surface area contributed by atoms with Crippen molar-refractivity contribution in [3.8, 4) is 0 Å². The largest absolute Gasteiger partial charge is 0.461 e. The van der Waals surface area contributed by atoms with E-state index in [0.717, 1.165) is 5.39 Å². The van der Waals surface area contributed by atoms with Crippen LogP contribution in [0.25, 0.3) is 10.9 Å². The Balaban J connectivity index is 0.00000144. The van der Waals surface area contributed by atoms with Gasteiger partial charge in [0.15, 0.2) is 5.69 Å². The standard InChI is InChI=1S/C11H9ClN2O2.ClH/c1-2-16-11(15)10-5-7-3-4-8(12)6-9(7)13-14-10;/h3-6H,2H2,1H3;1H. The topological polar surface area (TPSA) is 52.1 Å². The number of hydrogen-bond donors (Lipinski definition) is 0. The van der Waals surface area contributed by atoms with Gasteiger partial charge in [0.25, 0.3) is 0 Å². The summed E-state index contributed by atoms with van der Waals surface area (Å²) in [4.78, 5) is 11.4. The molecule has 17 heavy (non-hydrogen) atoms. The van der Waals surface area contributed by atoms with Gasteiger partial charge in [0.05, 0.1) is 12.1 Å². The molecule has 1 heterocycles. The molecule has 4 nitrogen and oxygen atoms in total. The van der Waals surface area contributed by atoms with Crippen molar-refractivity contribution in [2.24, 2.45) is 0 Å². The third-order valence-electron chi connectivity index (χ3n) is 2.03. The summed E-state index contributed by atoms with van der Waals surface area (Å²) in [6, 6.07) is 6.85. The lowest BCUT2D eigenvalue weighted by Gasteiger charge is -2.01. The normalized spacial score (nSPS) is 9.76. The van der Waals surface area contributed by atoms with Crippen LogP contribution in [0.5, 0.6) is 0 Å². The lowest BCUT2D eigenvalue weighted by atomic mass is 10.2. The predicted octanol–water partition coefficient (Wildman–Crippen LogP) is 2.88. The van der Waals surface area contributed by atoms with Crippen LogP contribution in [0.15, 0.2) is 24.3 Å². The quantitative estimate of drug-likeness (QED) is 0.789. The van der Waals surface area contributed by atoms with E-state index >= 15 is 0 Å². The third-order valence-corrected chi connectivity index (χ3v) is 2.27. The van der Waals surface area contributed by atoms with Crippen LogP contribution >= 0.6 is 24.0 Å². The van der Waals surface area contributed by atoms with E-state index in [1.807, 2.05) is 0 Å². The van der Waals surface area contributed by atoms with Crippen molar-refractivity contribution in [3.05, 3.63) is 35.0 Å². The number of carbonyl (C=O) groups is 1. The summed E-state index contributed by atoms with van der Waals surface area (Å²) < 4.78 is 4.83. The minimum Gasteiger partial charge on any atom is -0.461 e. The number of hydrogen-bond acceptors (Lipinski definition) is 4. The van der Waals surface area contributed by atoms with Gasteiger partial charge in [-0.25, -0.2) is 4.79 Å². The Labute approximate surface area is 109 Å². The van der Waals surface area contributed by atoms with Gasteiger partial charge in [-0.2, -0.15) is 0 Å². The number of rotatable bonds is 2. The van der Waals surface area contributed by atoms with Crippen LogP contribution in [0, 0.1) is 0 Å². The number of halogens is 2. The van der Waals surface area contributed by atoms with Crippen LogP contribution in [-0.2, 0) is 4.74 Å². The number of aromatic nitrogens is 2. The summed E-state index contributed by atoms with van der Waals surface area (Å²) in [7, 11) is 0. The lowest BCUT2D eigenvalue weighted by Crippen LogP contribution is -2.07. The highest BCUT2D eigenvalue weighted by molar-refractivity contribution is 6.31. The van der Waals surface area contributed by atoms with E-state index in [9.17, 15) is 4.79 Å². The predicted molar refractivity (Wildman–Crippen MR) is 67.8 cm³/mol. The molecule has 90 valence electrons. The molecule has 0 N–H and O–H groups in total. The van der Waals surface area contributed by atoms with Gasteiger partial charge in [0, 0.05) is 10.4 Å². The van der Waals surface area contributed by atoms with Gasteiger partial charge in [0.1, 0.15) is 0 Å². The van der Waals surface area contributed by atoms with Gasteiger partial charge in [-0.15, -0.1) is 22.6 Å². The zero-order chi connectivity index (χ0) is 11.5. The highest BCUT2D eigenvalue weighted by Gasteiger charge is 2.09. The van der Waals surface area contributed by atoms with Gasteiger partial charge in [-0.1, -0.05) is 17.7 Å². The molecule has 0 aliphatic carbocycles. The lowest BCUT2D eigenvalue weighted by molar-refractivity contribution is 0.0518. The Kier molecular flexibility index (Phi) is 4.66. The van der Waals surface area contributed by atoms with Crippen molar-refractivity contribution in [3.63, 3.8) is 0 Å². The molecule has 0 aliphatic heterocycles. The maximum absolute atomic E-state index is 11.4. The molecule has 0 aliphatic rings. The van der Waals surface area contributed by atoms with Crippen LogP contribution < -0.4 is 0 Å². The zero-order valence-electron chi connectivity index (χ0n) is 9.01. The van der Waals surface area contributed by atoms with Crippen molar-refractivity contribution in [1.82, 2.24) is 10.2 Å². The molecule has 0 saturated carbocycles. The first-order chi connectivity index (χ1) is 7.70. The van der Waals surface area contributed by atoms with Gasteiger partial charge in [-0.05, 0) is 25.1 Å². The monoisotopic (exact) mass is 272 g/mol. The van der Waals surface area contributed by atoms with Crippen molar-refractivity contribution in [2.45, 2.75) is 6.92 Å². The van der Waals surface area contributed by atoms with E-state index in [0.29, 0.717) is 17.1 Å². The molecule has 0 radical (unpaired) electrons. The Morgan fingerprint density at radius 3 is 2.82 bits per heavy atom. The van der Waals surface area contributed by atoms with Gasteiger partial charge in [0.2, 0.25) is 0 Å². The number of ether oxygens (including phenoxy) is 1. The highest BCUT2D eigenvalue weighted by atomic mass is 35.5. The number of benzene rings is 1. The van der Waals surface area contributed by atoms with E-state index in [-0.39, 0.29) is 18.1 Å². The molecular formula is C11H10Cl2N2O2. The van der Waals surface area contributed by atoms with Gasteiger partial charge < -0.3 is 4.74 Å². The SMILES string of the molecule is CCOC(=O)c1cc2ccc(Cl)cc2nn1.Cl. The first-order valence-corrected chi connectivity index (χ1v) is 5.18. The first kappa shape index (κ1) is 13.7. The number of esters is 1. The fraction of sp³-hybridized carbons (Fsp3) is 0.182. The van der Waals surface area contributed by atoms with Crippen molar-refractivity contribution in [1.29, 1.82) is 0 Å². The smallest absolute Gasteiger partial charge is 0.358 e. The maximum atomic E-state index is 11.4. The minimum atomic E-state index is -0.466. The van der Waals surface area contributed by atoms with Crippen LogP contribution in [0.3, 0.4) is 0 Å². The van der Waals surface area contributed by atoms with E-state index in [1.54, 1.807) is 31.2 Å². The van der Waals surface area contributed by atoms with Crippen LogP contribution in [0.2, 0.25) is 5.02 Å². The molecule has 0 saturated heterocycles.